The summed E-state index contributed by atoms with van der Waals surface area (Å²) in [7, 11) is 0. The Morgan fingerprint density at radius 3 is 2.23 bits per heavy atom. The number of anilines is 1. The van der Waals surface area contributed by atoms with Gasteiger partial charge >= 0.3 is 17.8 Å². The first-order valence-electron chi connectivity index (χ1n) is 9.08. The predicted molar refractivity (Wildman–Crippen MR) is 92.0 cm³/mol. The molecule has 1 saturated carbocycles. The van der Waals surface area contributed by atoms with Gasteiger partial charge in [-0.05, 0) is 18.9 Å². The minimum absolute atomic E-state index is 0.115. The Kier molecular flexibility index (Phi) is 4.54. The monoisotopic (exact) mass is 358 g/mol. The van der Waals surface area contributed by atoms with Crippen molar-refractivity contribution in [1.29, 1.82) is 0 Å². The molecule has 0 spiro atoms. The Labute approximate surface area is 151 Å². The number of carbonyl (C=O) groups is 3. The van der Waals surface area contributed by atoms with Gasteiger partial charge in [-0.3, -0.25) is 19.4 Å². The van der Waals surface area contributed by atoms with Crippen LogP contribution in [0.3, 0.4) is 0 Å². The zero-order chi connectivity index (χ0) is 18.1. The standard InChI is InChI=1S/C17H22N6O3/c24-14-15(25)23(13-4-1-2-5-13)17(26)22(14)12-20-8-10-21(11-9-20)16-18-6-3-7-19-16/h3,6-7,13H,1-2,4-5,8-12H2. The van der Waals surface area contributed by atoms with Crippen LogP contribution < -0.4 is 4.90 Å². The van der Waals surface area contributed by atoms with Gasteiger partial charge in [-0.2, -0.15) is 0 Å². The molecule has 4 amide bonds. The molecule has 0 radical (unpaired) electrons. The second kappa shape index (κ2) is 6.99. The molecular weight excluding hydrogens is 336 g/mol. The minimum atomic E-state index is -0.698. The third-order valence-corrected chi connectivity index (χ3v) is 5.32. The Morgan fingerprint density at radius 2 is 1.58 bits per heavy atom. The van der Waals surface area contributed by atoms with Crippen LogP contribution in [-0.4, -0.2) is 81.4 Å². The van der Waals surface area contributed by atoms with Crippen LogP contribution in [-0.2, 0) is 9.59 Å². The molecule has 0 aromatic carbocycles. The van der Waals surface area contributed by atoms with Crippen LogP contribution in [0.25, 0.3) is 0 Å². The quantitative estimate of drug-likeness (QED) is 0.564. The summed E-state index contributed by atoms with van der Waals surface area (Å²) in [4.78, 5) is 52.0. The maximum Gasteiger partial charge on any atom is 0.335 e. The first-order valence-corrected chi connectivity index (χ1v) is 9.08. The molecule has 0 bridgehead atoms. The zero-order valence-electron chi connectivity index (χ0n) is 14.6. The first kappa shape index (κ1) is 16.9. The lowest BCUT2D eigenvalue weighted by Gasteiger charge is -2.35. The number of rotatable bonds is 4. The van der Waals surface area contributed by atoms with Crippen molar-refractivity contribution in [3.05, 3.63) is 18.5 Å². The fourth-order valence-electron chi connectivity index (χ4n) is 3.88. The number of imide groups is 2. The summed E-state index contributed by atoms with van der Waals surface area (Å²) < 4.78 is 0. The largest absolute Gasteiger partial charge is 0.338 e. The SMILES string of the molecule is O=C1C(=O)N(C2CCCC2)C(=O)N1CN1CCN(c2ncccn2)CC1. The van der Waals surface area contributed by atoms with Crippen LogP contribution >= 0.6 is 0 Å². The van der Waals surface area contributed by atoms with Gasteiger partial charge in [-0.15, -0.1) is 0 Å². The highest BCUT2D eigenvalue weighted by molar-refractivity contribution is 6.44. The van der Waals surface area contributed by atoms with Crippen molar-refractivity contribution in [3.8, 4) is 0 Å². The highest BCUT2D eigenvalue weighted by atomic mass is 16.2. The molecule has 3 heterocycles. The molecule has 3 aliphatic rings. The molecule has 138 valence electrons. The Morgan fingerprint density at radius 1 is 0.923 bits per heavy atom. The van der Waals surface area contributed by atoms with E-state index in [4.69, 9.17) is 0 Å². The lowest BCUT2D eigenvalue weighted by Crippen LogP contribution is -2.52. The molecular formula is C17H22N6O3. The summed E-state index contributed by atoms with van der Waals surface area (Å²) in [6.45, 7) is 2.93. The maximum atomic E-state index is 12.6. The molecule has 9 nitrogen and oxygen atoms in total. The van der Waals surface area contributed by atoms with Gasteiger partial charge in [0.1, 0.15) is 0 Å². The smallest absolute Gasteiger partial charge is 0.335 e. The molecule has 0 unspecified atom stereocenters. The summed E-state index contributed by atoms with van der Waals surface area (Å²) in [5.41, 5.74) is 0. The second-order valence-electron chi connectivity index (χ2n) is 6.92. The highest BCUT2D eigenvalue weighted by Gasteiger charge is 2.48. The van der Waals surface area contributed by atoms with Crippen molar-refractivity contribution in [1.82, 2.24) is 24.7 Å². The lowest BCUT2D eigenvalue weighted by atomic mass is 10.2. The lowest BCUT2D eigenvalue weighted by molar-refractivity contribution is -0.144. The topological polar surface area (TPSA) is 90.0 Å². The second-order valence-corrected chi connectivity index (χ2v) is 6.92. The molecule has 2 aliphatic heterocycles. The van der Waals surface area contributed by atoms with Gasteiger partial charge in [-0.1, -0.05) is 12.8 Å². The molecule has 26 heavy (non-hydrogen) atoms. The van der Waals surface area contributed by atoms with E-state index < -0.39 is 17.8 Å². The number of urea groups is 1. The Hall–Kier alpha value is -2.55. The number of amides is 4. The molecule has 1 aliphatic carbocycles. The van der Waals surface area contributed by atoms with Crippen LogP contribution in [0.1, 0.15) is 25.7 Å². The number of nitrogens with zero attached hydrogens (tertiary/aromatic N) is 6. The zero-order valence-corrected chi connectivity index (χ0v) is 14.6. The number of piperazine rings is 1. The Balaban J connectivity index is 1.36. The number of aromatic nitrogens is 2. The summed E-state index contributed by atoms with van der Waals surface area (Å²) >= 11 is 0. The van der Waals surface area contributed by atoms with Crippen molar-refractivity contribution < 1.29 is 14.4 Å². The van der Waals surface area contributed by atoms with E-state index in [0.717, 1.165) is 30.6 Å². The minimum Gasteiger partial charge on any atom is -0.338 e. The van der Waals surface area contributed by atoms with Gasteiger partial charge in [0.25, 0.3) is 0 Å². The van der Waals surface area contributed by atoms with Crippen LogP contribution in [0.4, 0.5) is 10.7 Å². The van der Waals surface area contributed by atoms with Gasteiger partial charge in [0.15, 0.2) is 0 Å². The van der Waals surface area contributed by atoms with Gasteiger partial charge in [0, 0.05) is 44.6 Å². The van der Waals surface area contributed by atoms with E-state index in [-0.39, 0.29) is 12.7 Å². The van der Waals surface area contributed by atoms with Crippen molar-refractivity contribution in [2.75, 3.05) is 37.7 Å². The Bertz CT molecular complexity index is 698. The van der Waals surface area contributed by atoms with E-state index in [0.29, 0.717) is 32.1 Å². The van der Waals surface area contributed by atoms with Crippen LogP contribution in [0.15, 0.2) is 18.5 Å². The number of hydrogen-bond acceptors (Lipinski definition) is 7. The molecule has 2 saturated heterocycles. The fraction of sp³-hybridized carbons (Fsp3) is 0.588. The highest BCUT2D eigenvalue weighted by Crippen LogP contribution is 2.28. The molecule has 0 N–H and O–H groups in total. The average molecular weight is 358 g/mol. The van der Waals surface area contributed by atoms with E-state index in [9.17, 15) is 14.4 Å². The van der Waals surface area contributed by atoms with E-state index in [1.807, 2.05) is 4.90 Å². The van der Waals surface area contributed by atoms with Crippen molar-refractivity contribution >= 4 is 23.8 Å². The molecule has 0 atom stereocenters. The summed E-state index contributed by atoms with van der Waals surface area (Å²) in [5.74, 6) is -0.683. The van der Waals surface area contributed by atoms with Crippen LogP contribution in [0.2, 0.25) is 0 Å². The van der Waals surface area contributed by atoms with E-state index in [2.05, 4.69) is 14.9 Å². The molecule has 9 heteroatoms. The van der Waals surface area contributed by atoms with E-state index in [1.165, 1.54) is 4.90 Å². The number of hydrogen-bond donors (Lipinski definition) is 0. The van der Waals surface area contributed by atoms with E-state index >= 15 is 0 Å². The van der Waals surface area contributed by atoms with Crippen LogP contribution in [0.5, 0.6) is 0 Å². The average Bonchev–Trinajstić information content (AvgIpc) is 3.27. The van der Waals surface area contributed by atoms with E-state index in [1.54, 1.807) is 18.5 Å². The van der Waals surface area contributed by atoms with Crippen molar-refractivity contribution in [2.45, 2.75) is 31.7 Å². The molecule has 4 rings (SSSR count). The molecule has 3 fully saturated rings. The molecule has 1 aromatic rings. The summed E-state index contributed by atoms with van der Waals surface area (Å²) in [5, 5.41) is 0. The van der Waals surface area contributed by atoms with Crippen LogP contribution in [0, 0.1) is 0 Å². The van der Waals surface area contributed by atoms with Gasteiger partial charge in [0.05, 0.1) is 6.67 Å². The van der Waals surface area contributed by atoms with Crippen molar-refractivity contribution in [3.63, 3.8) is 0 Å². The molecule has 1 aromatic heterocycles. The summed E-state index contributed by atoms with van der Waals surface area (Å²) in [6, 6.07) is 1.20. The van der Waals surface area contributed by atoms with Gasteiger partial charge in [0.2, 0.25) is 5.95 Å². The predicted octanol–water partition coefficient (Wildman–Crippen LogP) is 0.289. The maximum absolute atomic E-state index is 12.6. The summed E-state index contributed by atoms with van der Waals surface area (Å²) in [6.07, 6.45) is 7.01. The van der Waals surface area contributed by atoms with Gasteiger partial charge in [-0.25, -0.2) is 19.7 Å². The van der Waals surface area contributed by atoms with Gasteiger partial charge < -0.3 is 4.90 Å². The van der Waals surface area contributed by atoms with Crippen molar-refractivity contribution in [2.24, 2.45) is 0 Å². The third-order valence-electron chi connectivity index (χ3n) is 5.32. The normalized spacial score (nSPS) is 22.8. The number of carbonyl (C=O) groups excluding carboxylic acids is 3. The first-order chi connectivity index (χ1) is 12.6. The fourth-order valence-corrected chi connectivity index (χ4v) is 3.88. The third kappa shape index (κ3) is 3.03.